The zero-order valence-electron chi connectivity index (χ0n) is 7.31. The molecule has 0 unspecified atom stereocenters. The predicted octanol–water partition coefficient (Wildman–Crippen LogP) is 4.45. The lowest BCUT2D eigenvalue weighted by Crippen LogP contribution is -1.87. The van der Waals surface area contributed by atoms with Crippen LogP contribution in [0.5, 0.6) is 0 Å². The van der Waals surface area contributed by atoms with Crippen molar-refractivity contribution in [1.29, 1.82) is 0 Å². The van der Waals surface area contributed by atoms with E-state index < -0.39 is 0 Å². The second kappa shape index (κ2) is 3.83. The molecule has 72 valence electrons. The molecule has 0 saturated heterocycles. The second-order valence-electron chi connectivity index (χ2n) is 3.05. The van der Waals surface area contributed by atoms with E-state index >= 15 is 0 Å². The molecule has 0 atom stereocenters. The van der Waals surface area contributed by atoms with Crippen LogP contribution in [0.2, 0.25) is 10.2 Å². The number of aryl methyl sites for hydroxylation is 1. The van der Waals surface area contributed by atoms with Gasteiger partial charge in [-0.25, -0.2) is 4.98 Å². The summed E-state index contributed by atoms with van der Waals surface area (Å²) in [5.41, 5.74) is 1.97. The molecular formula is C10H6Cl2IN. The minimum absolute atomic E-state index is 0.437. The summed E-state index contributed by atoms with van der Waals surface area (Å²) in [4.78, 5) is 4.25. The number of pyridine rings is 1. The van der Waals surface area contributed by atoms with Crippen LogP contribution in [0, 0.1) is 10.5 Å². The molecule has 1 aromatic carbocycles. The van der Waals surface area contributed by atoms with Crippen molar-refractivity contribution in [2.45, 2.75) is 6.92 Å². The fourth-order valence-electron chi connectivity index (χ4n) is 1.39. The Morgan fingerprint density at radius 1 is 1.21 bits per heavy atom. The third-order valence-electron chi connectivity index (χ3n) is 1.99. The molecule has 0 spiro atoms. The Morgan fingerprint density at radius 2 is 1.93 bits per heavy atom. The number of hydrogen-bond acceptors (Lipinski definition) is 1. The van der Waals surface area contributed by atoms with Gasteiger partial charge in [0.25, 0.3) is 0 Å². The van der Waals surface area contributed by atoms with Gasteiger partial charge in [-0.15, -0.1) is 0 Å². The van der Waals surface area contributed by atoms with Gasteiger partial charge in [0.15, 0.2) is 0 Å². The van der Waals surface area contributed by atoms with Crippen molar-refractivity contribution >= 4 is 56.7 Å². The summed E-state index contributed by atoms with van der Waals surface area (Å²) in [5.74, 6) is 0. The largest absolute Gasteiger partial charge is 0.236 e. The van der Waals surface area contributed by atoms with E-state index in [2.05, 4.69) is 33.6 Å². The molecule has 1 nitrogen and oxygen atoms in total. The number of aromatic nitrogens is 1. The molecule has 4 heteroatoms. The number of halogens is 3. The van der Waals surface area contributed by atoms with Crippen LogP contribution in [-0.4, -0.2) is 4.98 Å². The maximum Gasteiger partial charge on any atom is 0.131 e. The lowest BCUT2D eigenvalue weighted by atomic mass is 10.1. The average molecular weight is 338 g/mol. The number of fused-ring (bicyclic) bond motifs is 1. The van der Waals surface area contributed by atoms with Crippen molar-refractivity contribution in [2.75, 3.05) is 0 Å². The molecule has 0 bridgehead atoms. The lowest BCUT2D eigenvalue weighted by molar-refractivity contribution is 1.36. The molecule has 0 aliphatic carbocycles. The summed E-state index contributed by atoms with van der Waals surface area (Å²) in [6, 6.07) is 5.73. The molecule has 0 fully saturated rings. The Bertz CT molecular complexity index is 464. The number of rotatable bonds is 0. The van der Waals surface area contributed by atoms with E-state index in [-0.39, 0.29) is 0 Å². The molecule has 0 amide bonds. The van der Waals surface area contributed by atoms with Crippen LogP contribution in [0.1, 0.15) is 5.56 Å². The van der Waals surface area contributed by atoms with Gasteiger partial charge < -0.3 is 0 Å². The summed E-state index contributed by atoms with van der Waals surface area (Å²) in [6.45, 7) is 2.00. The molecule has 14 heavy (non-hydrogen) atoms. The smallest absolute Gasteiger partial charge is 0.131 e. The molecule has 2 aromatic rings. The van der Waals surface area contributed by atoms with Crippen molar-refractivity contribution in [1.82, 2.24) is 4.98 Å². The SMILES string of the molecule is Cc1cc(I)cc2c(Cl)cc(Cl)nc12. The van der Waals surface area contributed by atoms with Gasteiger partial charge in [0.1, 0.15) is 5.15 Å². The highest BCUT2D eigenvalue weighted by Gasteiger charge is 2.06. The first-order valence-corrected chi connectivity index (χ1v) is 5.83. The van der Waals surface area contributed by atoms with Crippen molar-refractivity contribution < 1.29 is 0 Å². The highest BCUT2D eigenvalue weighted by molar-refractivity contribution is 14.1. The quantitative estimate of drug-likeness (QED) is 0.511. The van der Waals surface area contributed by atoms with Crippen molar-refractivity contribution in [2.24, 2.45) is 0 Å². The lowest BCUT2D eigenvalue weighted by Gasteiger charge is -2.04. The van der Waals surface area contributed by atoms with Gasteiger partial charge in [-0.2, -0.15) is 0 Å². The average Bonchev–Trinajstić information content (AvgIpc) is 2.07. The maximum atomic E-state index is 6.08. The molecule has 0 aliphatic heterocycles. The van der Waals surface area contributed by atoms with Crippen LogP contribution in [0.25, 0.3) is 10.9 Å². The Labute approximate surface area is 106 Å². The van der Waals surface area contributed by atoms with Crippen LogP contribution < -0.4 is 0 Å². The third kappa shape index (κ3) is 1.83. The van der Waals surface area contributed by atoms with Crippen molar-refractivity contribution in [3.63, 3.8) is 0 Å². The van der Waals surface area contributed by atoms with Crippen LogP contribution in [-0.2, 0) is 0 Å². The van der Waals surface area contributed by atoms with Gasteiger partial charge in [-0.3, -0.25) is 0 Å². The first kappa shape index (κ1) is 10.5. The van der Waals surface area contributed by atoms with E-state index in [1.807, 2.05) is 13.0 Å². The Balaban J connectivity index is 2.94. The minimum Gasteiger partial charge on any atom is -0.236 e. The number of nitrogens with zero attached hydrogens (tertiary/aromatic N) is 1. The molecular weight excluding hydrogens is 332 g/mol. The molecule has 0 N–H and O–H groups in total. The molecule has 0 radical (unpaired) electrons. The van der Waals surface area contributed by atoms with E-state index in [0.717, 1.165) is 20.0 Å². The maximum absolute atomic E-state index is 6.08. The number of hydrogen-bond donors (Lipinski definition) is 0. The monoisotopic (exact) mass is 337 g/mol. The summed E-state index contributed by atoms with van der Waals surface area (Å²) in [5, 5.41) is 2.05. The van der Waals surface area contributed by atoms with Gasteiger partial charge in [0.2, 0.25) is 0 Å². The molecule has 1 aromatic heterocycles. The summed E-state index contributed by atoms with van der Waals surface area (Å²) >= 11 is 14.2. The normalized spacial score (nSPS) is 10.9. The Hall–Kier alpha value is -0.0600. The van der Waals surface area contributed by atoms with Crippen LogP contribution in [0.3, 0.4) is 0 Å². The van der Waals surface area contributed by atoms with Gasteiger partial charge in [0.05, 0.1) is 10.5 Å². The zero-order valence-corrected chi connectivity index (χ0v) is 11.0. The predicted molar refractivity (Wildman–Crippen MR) is 69.2 cm³/mol. The van der Waals surface area contributed by atoms with Crippen molar-refractivity contribution in [3.05, 3.63) is 37.5 Å². The molecule has 0 aliphatic rings. The molecule has 2 rings (SSSR count). The van der Waals surface area contributed by atoms with Gasteiger partial charge >= 0.3 is 0 Å². The summed E-state index contributed by atoms with van der Waals surface area (Å²) < 4.78 is 1.15. The van der Waals surface area contributed by atoms with Gasteiger partial charge in [-0.05, 0) is 53.3 Å². The standard InChI is InChI=1S/C10H6Cl2IN/c1-5-2-6(13)3-7-8(11)4-9(12)14-10(5)7/h2-4H,1H3. The van der Waals surface area contributed by atoms with Gasteiger partial charge in [0, 0.05) is 8.96 Å². The van der Waals surface area contributed by atoms with E-state index in [1.165, 1.54) is 0 Å². The van der Waals surface area contributed by atoms with E-state index in [4.69, 9.17) is 23.2 Å². The first-order chi connectivity index (χ1) is 6.58. The fraction of sp³-hybridized carbons (Fsp3) is 0.100. The van der Waals surface area contributed by atoms with Crippen LogP contribution in [0.4, 0.5) is 0 Å². The van der Waals surface area contributed by atoms with E-state index in [9.17, 15) is 0 Å². The fourth-order valence-corrected chi connectivity index (χ4v) is 2.66. The Morgan fingerprint density at radius 3 is 2.64 bits per heavy atom. The van der Waals surface area contributed by atoms with Gasteiger partial charge in [-0.1, -0.05) is 23.2 Å². The topological polar surface area (TPSA) is 12.9 Å². The highest BCUT2D eigenvalue weighted by atomic mass is 127. The van der Waals surface area contributed by atoms with Crippen molar-refractivity contribution in [3.8, 4) is 0 Å². The van der Waals surface area contributed by atoms with Crippen LogP contribution in [0.15, 0.2) is 18.2 Å². The van der Waals surface area contributed by atoms with Crippen LogP contribution >= 0.6 is 45.8 Å². The van der Waals surface area contributed by atoms with E-state index in [1.54, 1.807) is 6.07 Å². The zero-order chi connectivity index (χ0) is 10.3. The van der Waals surface area contributed by atoms with E-state index in [0.29, 0.717) is 10.2 Å². The molecule has 1 heterocycles. The minimum atomic E-state index is 0.437. The number of benzene rings is 1. The second-order valence-corrected chi connectivity index (χ2v) is 5.09. The summed E-state index contributed by atoms with van der Waals surface area (Å²) in [6.07, 6.45) is 0. The molecule has 0 saturated carbocycles. The Kier molecular flexibility index (Phi) is 2.86. The third-order valence-corrected chi connectivity index (χ3v) is 3.12. The first-order valence-electron chi connectivity index (χ1n) is 4.00. The summed E-state index contributed by atoms with van der Waals surface area (Å²) in [7, 11) is 0. The highest BCUT2D eigenvalue weighted by Crippen LogP contribution is 2.28.